The molecule has 0 aromatic carbocycles. The van der Waals surface area contributed by atoms with Crippen molar-refractivity contribution in [1.29, 1.82) is 0 Å². The van der Waals surface area contributed by atoms with Crippen LogP contribution in [0, 0.1) is 23.7 Å². The maximum Gasteiger partial charge on any atom is 0.305 e. The van der Waals surface area contributed by atoms with E-state index in [9.17, 15) is 9.59 Å². The first-order valence-electron chi connectivity index (χ1n) is 12.5. The number of esters is 2. The van der Waals surface area contributed by atoms with Crippen molar-refractivity contribution in [3.63, 3.8) is 0 Å². The lowest BCUT2D eigenvalue weighted by atomic mass is 9.86. The van der Waals surface area contributed by atoms with Gasteiger partial charge in [-0.1, -0.05) is 80.1 Å². The molecule has 0 N–H and O–H groups in total. The molecule has 1 unspecified atom stereocenters. The van der Waals surface area contributed by atoms with Gasteiger partial charge in [-0.05, 0) is 49.4 Å². The van der Waals surface area contributed by atoms with E-state index in [1.165, 1.54) is 32.1 Å². The molecule has 4 nitrogen and oxygen atoms in total. The van der Waals surface area contributed by atoms with Crippen molar-refractivity contribution in [3.8, 4) is 0 Å². The molecular formula is C26H50O4. The van der Waals surface area contributed by atoms with Crippen molar-refractivity contribution < 1.29 is 19.1 Å². The Balaban J connectivity index is 3.70. The monoisotopic (exact) mass is 426 g/mol. The van der Waals surface area contributed by atoms with E-state index in [1.54, 1.807) is 0 Å². The smallest absolute Gasteiger partial charge is 0.305 e. The Morgan fingerprint density at radius 3 is 1.53 bits per heavy atom. The Morgan fingerprint density at radius 2 is 1.03 bits per heavy atom. The third-order valence-corrected chi connectivity index (χ3v) is 5.78. The van der Waals surface area contributed by atoms with Gasteiger partial charge in [-0.25, -0.2) is 0 Å². The summed E-state index contributed by atoms with van der Waals surface area (Å²) in [7, 11) is 0. The molecule has 0 aliphatic heterocycles. The molecule has 0 bridgehead atoms. The van der Waals surface area contributed by atoms with Crippen LogP contribution in [-0.4, -0.2) is 25.2 Å². The highest BCUT2D eigenvalue weighted by Crippen LogP contribution is 2.24. The van der Waals surface area contributed by atoms with Gasteiger partial charge in [0.15, 0.2) is 0 Å². The molecule has 0 rings (SSSR count). The first-order valence-corrected chi connectivity index (χ1v) is 12.5. The summed E-state index contributed by atoms with van der Waals surface area (Å²) in [4.78, 5) is 23.5. The normalized spacial score (nSPS) is 12.6. The van der Waals surface area contributed by atoms with Crippen LogP contribution in [0.25, 0.3) is 0 Å². The summed E-state index contributed by atoms with van der Waals surface area (Å²) >= 11 is 0. The highest BCUT2D eigenvalue weighted by Gasteiger charge is 2.15. The SMILES string of the molecule is CC(C)CCOC(=O)CCCCCCCCC(CCC(=O)OCCC(C)C)C(C)C. The largest absolute Gasteiger partial charge is 0.466 e. The molecule has 30 heavy (non-hydrogen) atoms. The minimum Gasteiger partial charge on any atom is -0.466 e. The van der Waals surface area contributed by atoms with Gasteiger partial charge in [-0.3, -0.25) is 9.59 Å². The van der Waals surface area contributed by atoms with E-state index in [0.29, 0.717) is 49.7 Å². The number of carbonyl (C=O) groups excluding carboxylic acids is 2. The van der Waals surface area contributed by atoms with Gasteiger partial charge in [0.25, 0.3) is 0 Å². The lowest BCUT2D eigenvalue weighted by molar-refractivity contribution is -0.145. The van der Waals surface area contributed by atoms with E-state index in [-0.39, 0.29) is 11.9 Å². The van der Waals surface area contributed by atoms with Crippen molar-refractivity contribution in [3.05, 3.63) is 0 Å². The average molecular weight is 427 g/mol. The molecule has 4 heteroatoms. The van der Waals surface area contributed by atoms with Crippen molar-refractivity contribution >= 4 is 11.9 Å². The molecule has 0 amide bonds. The Morgan fingerprint density at radius 1 is 0.567 bits per heavy atom. The van der Waals surface area contributed by atoms with Gasteiger partial charge in [0.2, 0.25) is 0 Å². The summed E-state index contributed by atoms with van der Waals surface area (Å²) in [5.74, 6) is 2.28. The highest BCUT2D eigenvalue weighted by molar-refractivity contribution is 5.69. The van der Waals surface area contributed by atoms with Crippen LogP contribution >= 0.6 is 0 Å². The fourth-order valence-corrected chi connectivity index (χ4v) is 3.46. The lowest BCUT2D eigenvalue weighted by Crippen LogP contribution is -2.13. The number of hydrogen-bond donors (Lipinski definition) is 0. The van der Waals surface area contributed by atoms with Crippen molar-refractivity contribution in [2.24, 2.45) is 23.7 Å². The summed E-state index contributed by atoms with van der Waals surface area (Å²) in [5.41, 5.74) is 0. The average Bonchev–Trinajstić information content (AvgIpc) is 2.65. The molecule has 0 heterocycles. The summed E-state index contributed by atoms with van der Waals surface area (Å²) in [6.45, 7) is 14.2. The van der Waals surface area contributed by atoms with Crippen LogP contribution in [0.1, 0.15) is 119 Å². The van der Waals surface area contributed by atoms with E-state index < -0.39 is 0 Å². The number of hydrogen-bond acceptors (Lipinski definition) is 4. The molecule has 0 fully saturated rings. The molecule has 0 aromatic rings. The molecule has 1 atom stereocenters. The lowest BCUT2D eigenvalue weighted by Gasteiger charge is -2.20. The number of unbranched alkanes of at least 4 members (excludes halogenated alkanes) is 5. The highest BCUT2D eigenvalue weighted by atomic mass is 16.5. The first kappa shape index (κ1) is 28.9. The molecule has 0 saturated heterocycles. The summed E-state index contributed by atoms with van der Waals surface area (Å²) in [6, 6.07) is 0. The molecule has 0 aromatic heterocycles. The van der Waals surface area contributed by atoms with Crippen LogP contribution in [0.2, 0.25) is 0 Å². The van der Waals surface area contributed by atoms with E-state index in [0.717, 1.165) is 32.1 Å². The van der Waals surface area contributed by atoms with Crippen LogP contribution in [0.4, 0.5) is 0 Å². The summed E-state index contributed by atoms with van der Waals surface area (Å²) in [6.07, 6.45) is 12.1. The number of rotatable bonds is 19. The Kier molecular flexibility index (Phi) is 18.0. The minimum absolute atomic E-state index is 0.0379. The van der Waals surface area contributed by atoms with E-state index >= 15 is 0 Å². The zero-order valence-corrected chi connectivity index (χ0v) is 20.8. The number of ether oxygens (including phenoxy) is 2. The third kappa shape index (κ3) is 18.9. The van der Waals surface area contributed by atoms with Gasteiger partial charge in [0.1, 0.15) is 0 Å². The van der Waals surface area contributed by atoms with Crippen LogP contribution in [0.5, 0.6) is 0 Å². The topological polar surface area (TPSA) is 52.6 Å². The van der Waals surface area contributed by atoms with Gasteiger partial charge in [-0.2, -0.15) is 0 Å². The predicted molar refractivity (Wildman–Crippen MR) is 125 cm³/mol. The maximum absolute atomic E-state index is 11.9. The quantitative estimate of drug-likeness (QED) is 0.160. The van der Waals surface area contributed by atoms with Gasteiger partial charge < -0.3 is 9.47 Å². The number of carbonyl (C=O) groups is 2. The van der Waals surface area contributed by atoms with Crippen LogP contribution in [0.15, 0.2) is 0 Å². The molecule has 0 spiro atoms. The second kappa shape index (κ2) is 18.7. The molecule has 178 valence electrons. The van der Waals surface area contributed by atoms with Crippen molar-refractivity contribution in [1.82, 2.24) is 0 Å². The zero-order valence-electron chi connectivity index (χ0n) is 20.8. The van der Waals surface area contributed by atoms with Crippen LogP contribution in [-0.2, 0) is 19.1 Å². The van der Waals surface area contributed by atoms with Crippen LogP contribution in [0.3, 0.4) is 0 Å². The van der Waals surface area contributed by atoms with E-state index in [2.05, 4.69) is 41.5 Å². The second-order valence-corrected chi connectivity index (χ2v) is 10.0. The third-order valence-electron chi connectivity index (χ3n) is 5.78. The molecule has 0 aliphatic carbocycles. The molecule has 0 saturated carbocycles. The zero-order chi connectivity index (χ0) is 22.8. The second-order valence-electron chi connectivity index (χ2n) is 10.0. The predicted octanol–water partition coefficient (Wildman–Crippen LogP) is 7.34. The standard InChI is InChI=1S/C26H50O4/c1-21(2)17-19-29-25(27)14-12-10-8-7-9-11-13-24(23(5)6)15-16-26(28)30-20-18-22(3)4/h21-24H,7-20H2,1-6H3. The fraction of sp³-hybridized carbons (Fsp3) is 0.923. The first-order chi connectivity index (χ1) is 14.2. The van der Waals surface area contributed by atoms with Gasteiger partial charge >= 0.3 is 11.9 Å². The van der Waals surface area contributed by atoms with Crippen molar-refractivity contribution in [2.75, 3.05) is 13.2 Å². The molecule has 0 radical (unpaired) electrons. The van der Waals surface area contributed by atoms with Crippen molar-refractivity contribution in [2.45, 2.75) is 119 Å². The van der Waals surface area contributed by atoms with E-state index in [1.807, 2.05) is 0 Å². The Labute approximate surface area is 186 Å². The van der Waals surface area contributed by atoms with Gasteiger partial charge in [0.05, 0.1) is 13.2 Å². The summed E-state index contributed by atoms with van der Waals surface area (Å²) < 4.78 is 10.6. The summed E-state index contributed by atoms with van der Waals surface area (Å²) in [5, 5.41) is 0. The minimum atomic E-state index is -0.0434. The molecular weight excluding hydrogens is 376 g/mol. The Hall–Kier alpha value is -1.06. The molecule has 0 aliphatic rings. The van der Waals surface area contributed by atoms with Gasteiger partial charge in [0, 0.05) is 12.8 Å². The van der Waals surface area contributed by atoms with Gasteiger partial charge in [-0.15, -0.1) is 0 Å². The van der Waals surface area contributed by atoms with E-state index in [4.69, 9.17) is 9.47 Å². The Bertz CT molecular complexity index is 429. The fourth-order valence-electron chi connectivity index (χ4n) is 3.46. The van der Waals surface area contributed by atoms with Crippen LogP contribution < -0.4 is 0 Å². The maximum atomic E-state index is 11.9.